The molecule has 1 unspecified atom stereocenters. The topological polar surface area (TPSA) is 72.4 Å². The van der Waals surface area contributed by atoms with Crippen LogP contribution in [0.5, 0.6) is 6.01 Å². The molecule has 1 aromatic carbocycles. The number of ether oxygens (including phenoxy) is 1. The molecule has 0 N–H and O–H groups in total. The first-order valence-corrected chi connectivity index (χ1v) is 10.2. The fraction of sp³-hybridized carbons (Fsp3) is 0.375. The van der Waals surface area contributed by atoms with Crippen LogP contribution in [0.15, 0.2) is 45.9 Å². The maximum absolute atomic E-state index is 12.8. The SMILES string of the molecule is O=S(=O)(c1ccc(Br)cc1)N1CCCC(Oc2nccc(C(F)(F)F)n2)C1. The van der Waals surface area contributed by atoms with Crippen LogP contribution in [-0.4, -0.2) is 41.9 Å². The van der Waals surface area contributed by atoms with E-state index < -0.39 is 34.0 Å². The van der Waals surface area contributed by atoms with Crippen LogP contribution in [0, 0.1) is 0 Å². The second-order valence-corrected chi connectivity index (χ2v) is 8.77. The molecule has 0 bridgehead atoms. The third kappa shape index (κ3) is 4.77. The predicted molar refractivity (Wildman–Crippen MR) is 93.6 cm³/mol. The first-order valence-electron chi connectivity index (χ1n) is 7.99. The Kier molecular flexibility index (Phi) is 5.73. The van der Waals surface area contributed by atoms with Crippen molar-refractivity contribution >= 4 is 26.0 Å². The van der Waals surface area contributed by atoms with Gasteiger partial charge in [-0.1, -0.05) is 15.9 Å². The number of piperidine rings is 1. The van der Waals surface area contributed by atoms with Crippen molar-refractivity contribution in [2.45, 2.75) is 30.0 Å². The van der Waals surface area contributed by atoms with Crippen molar-refractivity contribution in [2.24, 2.45) is 0 Å². The highest BCUT2D eigenvalue weighted by Gasteiger charge is 2.34. The number of hydrogen-bond donors (Lipinski definition) is 0. The van der Waals surface area contributed by atoms with E-state index in [9.17, 15) is 21.6 Å². The molecule has 1 aliphatic heterocycles. The summed E-state index contributed by atoms with van der Waals surface area (Å²) in [6.07, 6.45) is -3.27. The average Bonchev–Trinajstić information content (AvgIpc) is 2.62. The molecular weight excluding hydrogens is 451 g/mol. The summed E-state index contributed by atoms with van der Waals surface area (Å²) in [6, 6.07) is 6.55. The van der Waals surface area contributed by atoms with Gasteiger partial charge in [-0.3, -0.25) is 0 Å². The molecule has 146 valence electrons. The van der Waals surface area contributed by atoms with E-state index in [2.05, 4.69) is 25.9 Å². The second kappa shape index (κ2) is 7.72. The van der Waals surface area contributed by atoms with Gasteiger partial charge in [0.25, 0.3) is 0 Å². The van der Waals surface area contributed by atoms with Crippen LogP contribution in [0.2, 0.25) is 0 Å². The number of sulfonamides is 1. The van der Waals surface area contributed by atoms with E-state index in [1.165, 1.54) is 16.4 Å². The quantitative estimate of drug-likeness (QED) is 0.690. The molecule has 3 rings (SSSR count). The molecule has 0 aliphatic carbocycles. The number of rotatable bonds is 4. The van der Waals surface area contributed by atoms with E-state index in [4.69, 9.17) is 4.74 Å². The maximum Gasteiger partial charge on any atom is 0.433 e. The van der Waals surface area contributed by atoms with Gasteiger partial charge in [-0.25, -0.2) is 13.4 Å². The molecule has 1 fully saturated rings. The lowest BCUT2D eigenvalue weighted by Gasteiger charge is -2.31. The lowest BCUT2D eigenvalue weighted by molar-refractivity contribution is -0.141. The van der Waals surface area contributed by atoms with Crippen LogP contribution >= 0.6 is 15.9 Å². The Morgan fingerprint density at radius 2 is 1.89 bits per heavy atom. The number of aromatic nitrogens is 2. The molecule has 1 aromatic heterocycles. The lowest BCUT2D eigenvalue weighted by Crippen LogP contribution is -2.44. The van der Waals surface area contributed by atoms with E-state index in [0.717, 1.165) is 16.7 Å². The van der Waals surface area contributed by atoms with Crippen molar-refractivity contribution in [3.63, 3.8) is 0 Å². The number of hydrogen-bond acceptors (Lipinski definition) is 5. The Bertz CT molecular complexity index is 907. The Balaban J connectivity index is 1.74. The molecule has 2 aromatic rings. The smallest absolute Gasteiger partial charge is 0.433 e. The molecule has 6 nitrogen and oxygen atoms in total. The molecule has 1 saturated heterocycles. The monoisotopic (exact) mass is 465 g/mol. The average molecular weight is 466 g/mol. The summed E-state index contributed by atoms with van der Waals surface area (Å²) in [5, 5.41) is 0. The first-order chi connectivity index (χ1) is 12.7. The van der Waals surface area contributed by atoms with Crippen LogP contribution in [-0.2, 0) is 16.2 Å². The van der Waals surface area contributed by atoms with Crippen molar-refractivity contribution in [2.75, 3.05) is 13.1 Å². The fourth-order valence-electron chi connectivity index (χ4n) is 2.68. The van der Waals surface area contributed by atoms with Crippen LogP contribution in [0.3, 0.4) is 0 Å². The van der Waals surface area contributed by atoms with Gasteiger partial charge in [0.05, 0.1) is 11.4 Å². The minimum absolute atomic E-state index is 0.0119. The molecule has 0 saturated carbocycles. The summed E-state index contributed by atoms with van der Waals surface area (Å²) in [6.45, 7) is 0.319. The summed E-state index contributed by atoms with van der Waals surface area (Å²) in [4.78, 5) is 7.20. The summed E-state index contributed by atoms with van der Waals surface area (Å²) in [7, 11) is -3.72. The van der Waals surface area contributed by atoms with Crippen LogP contribution in [0.25, 0.3) is 0 Å². The Morgan fingerprint density at radius 1 is 1.19 bits per heavy atom. The third-order valence-electron chi connectivity index (χ3n) is 3.99. The largest absolute Gasteiger partial charge is 0.459 e. The standard InChI is InChI=1S/C16H15BrF3N3O3S/c17-11-3-5-13(6-4-11)27(24,25)23-9-1-2-12(10-23)26-15-21-8-7-14(22-15)16(18,19)20/h3-8,12H,1-2,9-10H2. The molecular formula is C16H15BrF3N3O3S. The molecule has 11 heteroatoms. The predicted octanol–water partition coefficient (Wildman–Crippen LogP) is 3.49. The molecule has 0 spiro atoms. The van der Waals surface area contributed by atoms with Gasteiger partial charge in [0.2, 0.25) is 10.0 Å². The van der Waals surface area contributed by atoms with Gasteiger partial charge < -0.3 is 4.74 Å². The van der Waals surface area contributed by atoms with Crippen LogP contribution in [0.1, 0.15) is 18.5 Å². The lowest BCUT2D eigenvalue weighted by atomic mass is 10.1. The Labute approximate surface area is 162 Å². The van der Waals surface area contributed by atoms with Crippen molar-refractivity contribution in [3.05, 3.63) is 46.7 Å². The van der Waals surface area contributed by atoms with Gasteiger partial charge in [0.1, 0.15) is 6.10 Å². The minimum atomic E-state index is -4.61. The van der Waals surface area contributed by atoms with E-state index in [1.807, 2.05) is 0 Å². The highest BCUT2D eigenvalue weighted by molar-refractivity contribution is 9.10. The zero-order valence-corrected chi connectivity index (χ0v) is 16.3. The Hall–Kier alpha value is -1.72. The Morgan fingerprint density at radius 3 is 2.56 bits per heavy atom. The van der Waals surface area contributed by atoms with Crippen molar-refractivity contribution in [1.82, 2.24) is 14.3 Å². The summed E-state index contributed by atoms with van der Waals surface area (Å²) >= 11 is 3.25. The van der Waals surface area contributed by atoms with E-state index in [1.54, 1.807) is 12.1 Å². The molecule has 27 heavy (non-hydrogen) atoms. The number of benzene rings is 1. The summed E-state index contributed by atoms with van der Waals surface area (Å²) < 4.78 is 71.2. The number of alkyl halides is 3. The number of nitrogens with zero attached hydrogens (tertiary/aromatic N) is 3. The maximum atomic E-state index is 12.8. The molecule has 0 amide bonds. The summed E-state index contributed by atoms with van der Waals surface area (Å²) in [5.41, 5.74) is -1.11. The van der Waals surface area contributed by atoms with E-state index >= 15 is 0 Å². The molecule has 2 heterocycles. The summed E-state index contributed by atoms with van der Waals surface area (Å²) in [5.74, 6) is 0. The van der Waals surface area contributed by atoms with Gasteiger partial charge >= 0.3 is 12.2 Å². The molecule has 1 atom stereocenters. The van der Waals surface area contributed by atoms with Crippen molar-refractivity contribution < 1.29 is 26.3 Å². The van der Waals surface area contributed by atoms with Gasteiger partial charge in [-0.2, -0.15) is 22.5 Å². The second-order valence-electron chi connectivity index (χ2n) is 5.92. The number of halogens is 4. The van der Waals surface area contributed by atoms with Gasteiger partial charge in [0.15, 0.2) is 5.69 Å². The van der Waals surface area contributed by atoms with Crippen molar-refractivity contribution in [1.29, 1.82) is 0 Å². The zero-order valence-electron chi connectivity index (χ0n) is 13.9. The van der Waals surface area contributed by atoms with E-state index in [-0.39, 0.29) is 11.4 Å². The van der Waals surface area contributed by atoms with E-state index in [0.29, 0.717) is 19.4 Å². The normalized spacial score (nSPS) is 19.0. The van der Waals surface area contributed by atoms with Crippen LogP contribution in [0.4, 0.5) is 13.2 Å². The highest BCUT2D eigenvalue weighted by atomic mass is 79.9. The van der Waals surface area contributed by atoms with Crippen LogP contribution < -0.4 is 4.74 Å². The zero-order chi connectivity index (χ0) is 19.7. The third-order valence-corrected chi connectivity index (χ3v) is 6.40. The first kappa shape index (κ1) is 20.0. The van der Waals surface area contributed by atoms with Gasteiger partial charge in [-0.15, -0.1) is 0 Å². The van der Waals surface area contributed by atoms with Gasteiger partial charge in [-0.05, 0) is 43.2 Å². The molecule has 0 radical (unpaired) electrons. The molecule has 1 aliphatic rings. The minimum Gasteiger partial charge on any atom is -0.459 e. The fourth-order valence-corrected chi connectivity index (χ4v) is 4.45. The van der Waals surface area contributed by atoms with Crippen molar-refractivity contribution in [3.8, 4) is 6.01 Å². The highest BCUT2D eigenvalue weighted by Crippen LogP contribution is 2.29. The van der Waals surface area contributed by atoms with Gasteiger partial charge in [0, 0.05) is 17.2 Å².